The van der Waals surface area contributed by atoms with Crippen molar-refractivity contribution in [1.29, 1.82) is 0 Å². The van der Waals surface area contributed by atoms with Crippen LogP contribution in [0.1, 0.15) is 63.4 Å². The molecule has 1 aliphatic rings. The summed E-state index contributed by atoms with van der Waals surface area (Å²) in [5, 5.41) is 0. The van der Waals surface area contributed by atoms with E-state index in [9.17, 15) is 0 Å². The van der Waals surface area contributed by atoms with Gasteiger partial charge in [-0.3, -0.25) is 4.57 Å². The fourth-order valence-corrected chi connectivity index (χ4v) is 4.83. The Balaban J connectivity index is 1.56. The number of benzene rings is 3. The van der Waals surface area contributed by atoms with Crippen LogP contribution in [-0.2, 0) is 5.41 Å². The summed E-state index contributed by atoms with van der Waals surface area (Å²) in [6.45, 7) is 6.71. The Kier molecular flexibility index (Phi) is 6.38. The fourth-order valence-electron chi connectivity index (χ4n) is 4.83. The van der Waals surface area contributed by atoms with Crippen LogP contribution in [0.15, 0.2) is 66.7 Å². The zero-order valence-electron chi connectivity index (χ0n) is 21.1. The van der Waals surface area contributed by atoms with Crippen molar-refractivity contribution in [3.05, 3.63) is 83.7 Å². The van der Waals surface area contributed by atoms with Crippen LogP contribution in [0.2, 0.25) is 0 Å². The molecule has 4 heteroatoms. The summed E-state index contributed by atoms with van der Waals surface area (Å²) in [7, 11) is 1.70. The number of para-hydroxylation sites is 3. The van der Waals surface area contributed by atoms with Gasteiger partial charge in [0.25, 0.3) is 0 Å². The van der Waals surface area contributed by atoms with E-state index in [1.165, 1.54) is 18.4 Å². The van der Waals surface area contributed by atoms with E-state index in [4.69, 9.17) is 14.5 Å². The van der Waals surface area contributed by atoms with E-state index in [-0.39, 0.29) is 11.5 Å². The predicted molar refractivity (Wildman–Crippen MR) is 145 cm³/mol. The molecule has 1 aliphatic carbocycles. The number of nitrogens with zero attached hydrogens (tertiary/aromatic N) is 2. The van der Waals surface area contributed by atoms with Crippen LogP contribution in [0.4, 0.5) is 0 Å². The minimum absolute atomic E-state index is 0.111. The van der Waals surface area contributed by atoms with Crippen LogP contribution in [0.3, 0.4) is 0 Å². The molecule has 0 radical (unpaired) electrons. The van der Waals surface area contributed by atoms with Crippen LogP contribution in [0, 0.1) is 0 Å². The zero-order chi connectivity index (χ0) is 24.4. The van der Waals surface area contributed by atoms with Crippen LogP contribution < -0.4 is 9.47 Å². The van der Waals surface area contributed by atoms with E-state index in [1.54, 1.807) is 7.11 Å². The van der Waals surface area contributed by atoms with Gasteiger partial charge in [0, 0.05) is 11.3 Å². The van der Waals surface area contributed by atoms with E-state index in [1.807, 2.05) is 18.2 Å². The third-order valence-electron chi connectivity index (χ3n) is 6.81. The van der Waals surface area contributed by atoms with E-state index in [0.29, 0.717) is 0 Å². The van der Waals surface area contributed by atoms with Crippen molar-refractivity contribution < 1.29 is 9.47 Å². The van der Waals surface area contributed by atoms with Crippen LogP contribution in [-0.4, -0.2) is 22.8 Å². The molecular weight excluding hydrogens is 432 g/mol. The average molecular weight is 467 g/mol. The molecule has 4 aromatic rings. The molecule has 180 valence electrons. The highest BCUT2D eigenvalue weighted by Gasteiger charge is 2.20. The Morgan fingerprint density at radius 3 is 2.34 bits per heavy atom. The average Bonchev–Trinajstić information content (AvgIpc) is 3.50. The van der Waals surface area contributed by atoms with E-state index in [2.05, 4.69) is 86.0 Å². The van der Waals surface area contributed by atoms with Gasteiger partial charge in [0.15, 0.2) is 11.5 Å². The standard InChI is InChI=1S/C31H34N2O2/c1-31(2,3)23-17-19-24(20-18-23)33-27-14-8-7-13-26(27)32-29(33)21-16-22-10-9-15-28(34-4)30(22)35-25-11-5-6-12-25/h7-10,13-21,25H,5-6,11-12H2,1-4H3. The molecule has 0 saturated heterocycles. The van der Waals surface area contributed by atoms with E-state index >= 15 is 0 Å². The molecule has 1 saturated carbocycles. The maximum absolute atomic E-state index is 6.43. The lowest BCUT2D eigenvalue weighted by Gasteiger charge is -2.19. The van der Waals surface area contributed by atoms with Gasteiger partial charge in [-0.05, 0) is 79.1 Å². The first-order chi connectivity index (χ1) is 16.9. The van der Waals surface area contributed by atoms with Crippen molar-refractivity contribution in [1.82, 2.24) is 9.55 Å². The fraction of sp³-hybridized carbons (Fsp3) is 0.323. The minimum atomic E-state index is 0.111. The predicted octanol–water partition coefficient (Wildman–Crippen LogP) is 7.82. The highest BCUT2D eigenvalue weighted by molar-refractivity contribution is 5.83. The summed E-state index contributed by atoms with van der Waals surface area (Å²) < 4.78 is 14.3. The monoisotopic (exact) mass is 466 g/mol. The van der Waals surface area contributed by atoms with Crippen molar-refractivity contribution in [2.75, 3.05) is 7.11 Å². The third-order valence-corrected chi connectivity index (χ3v) is 6.81. The smallest absolute Gasteiger partial charge is 0.168 e. The quantitative estimate of drug-likeness (QED) is 0.291. The van der Waals surface area contributed by atoms with Gasteiger partial charge in [-0.25, -0.2) is 4.98 Å². The van der Waals surface area contributed by atoms with Gasteiger partial charge in [-0.2, -0.15) is 0 Å². The Morgan fingerprint density at radius 1 is 0.886 bits per heavy atom. The Hall–Kier alpha value is -3.53. The summed E-state index contributed by atoms with van der Waals surface area (Å²) >= 11 is 0. The second-order valence-corrected chi connectivity index (χ2v) is 10.3. The molecular formula is C31H34N2O2. The summed E-state index contributed by atoms with van der Waals surface area (Å²) in [5.41, 5.74) is 5.58. The van der Waals surface area contributed by atoms with Crippen molar-refractivity contribution in [2.45, 2.75) is 58.0 Å². The van der Waals surface area contributed by atoms with Crippen LogP contribution in [0.25, 0.3) is 28.9 Å². The lowest BCUT2D eigenvalue weighted by molar-refractivity contribution is 0.200. The van der Waals surface area contributed by atoms with Gasteiger partial charge in [-0.15, -0.1) is 0 Å². The first kappa shape index (κ1) is 23.2. The maximum Gasteiger partial charge on any atom is 0.168 e. The summed E-state index contributed by atoms with van der Waals surface area (Å²) in [6, 6.07) is 23.1. The number of imidazole rings is 1. The first-order valence-corrected chi connectivity index (χ1v) is 12.5. The molecule has 0 spiro atoms. The molecule has 0 bridgehead atoms. The van der Waals surface area contributed by atoms with Gasteiger partial charge >= 0.3 is 0 Å². The van der Waals surface area contributed by atoms with E-state index < -0.39 is 0 Å². The number of aromatic nitrogens is 2. The molecule has 0 atom stereocenters. The molecule has 3 aromatic carbocycles. The third kappa shape index (κ3) is 4.84. The minimum Gasteiger partial charge on any atom is -0.493 e. The second kappa shape index (κ2) is 9.61. The molecule has 4 nitrogen and oxygen atoms in total. The summed E-state index contributed by atoms with van der Waals surface area (Å²) in [4.78, 5) is 4.95. The van der Waals surface area contributed by atoms with Gasteiger partial charge in [0.05, 0.1) is 24.2 Å². The molecule has 0 N–H and O–H groups in total. The first-order valence-electron chi connectivity index (χ1n) is 12.5. The largest absolute Gasteiger partial charge is 0.493 e. The maximum atomic E-state index is 6.43. The number of hydrogen-bond donors (Lipinski definition) is 0. The molecule has 0 unspecified atom stereocenters. The lowest BCUT2D eigenvalue weighted by Crippen LogP contribution is -2.12. The van der Waals surface area contributed by atoms with Crippen molar-refractivity contribution in [3.8, 4) is 17.2 Å². The molecule has 0 amide bonds. The topological polar surface area (TPSA) is 36.3 Å². The van der Waals surface area contributed by atoms with Gasteiger partial charge in [-0.1, -0.05) is 57.2 Å². The summed E-state index contributed by atoms with van der Waals surface area (Å²) in [5.74, 6) is 2.46. The van der Waals surface area contributed by atoms with Crippen LogP contribution in [0.5, 0.6) is 11.5 Å². The Morgan fingerprint density at radius 2 is 1.63 bits per heavy atom. The molecule has 1 aromatic heterocycles. The van der Waals surface area contributed by atoms with Gasteiger partial charge in [0.1, 0.15) is 5.82 Å². The SMILES string of the molecule is COc1cccc(C=Cc2nc3ccccc3n2-c2ccc(C(C)(C)C)cc2)c1OC1CCCC1. The highest BCUT2D eigenvalue weighted by Crippen LogP contribution is 2.36. The molecule has 1 fully saturated rings. The molecule has 0 aliphatic heterocycles. The molecule has 5 rings (SSSR count). The van der Waals surface area contributed by atoms with Gasteiger partial charge < -0.3 is 9.47 Å². The Labute approximate surface area is 208 Å². The van der Waals surface area contributed by atoms with Crippen molar-refractivity contribution >= 4 is 23.2 Å². The van der Waals surface area contributed by atoms with Crippen LogP contribution >= 0.6 is 0 Å². The number of hydrogen-bond acceptors (Lipinski definition) is 3. The summed E-state index contributed by atoms with van der Waals surface area (Å²) in [6.07, 6.45) is 9.07. The Bertz CT molecular complexity index is 1340. The highest BCUT2D eigenvalue weighted by atomic mass is 16.5. The number of fused-ring (bicyclic) bond motifs is 1. The second-order valence-electron chi connectivity index (χ2n) is 10.3. The van der Waals surface area contributed by atoms with Crippen molar-refractivity contribution in [2.24, 2.45) is 0 Å². The van der Waals surface area contributed by atoms with E-state index in [0.717, 1.165) is 52.4 Å². The number of methoxy groups -OCH3 is 1. The number of ether oxygens (including phenoxy) is 2. The number of rotatable bonds is 6. The molecule has 35 heavy (non-hydrogen) atoms. The van der Waals surface area contributed by atoms with Crippen molar-refractivity contribution in [3.63, 3.8) is 0 Å². The normalized spacial score (nSPS) is 14.7. The lowest BCUT2D eigenvalue weighted by atomic mass is 9.87. The zero-order valence-corrected chi connectivity index (χ0v) is 21.1. The molecule has 1 heterocycles. The van der Waals surface area contributed by atoms with Gasteiger partial charge in [0.2, 0.25) is 0 Å².